The van der Waals surface area contributed by atoms with E-state index in [1.807, 2.05) is 18.3 Å². The fraction of sp³-hybridized carbons (Fsp3) is 0.429. The fourth-order valence-corrected chi connectivity index (χ4v) is 3.29. The minimum Gasteiger partial charge on any atom is -0.357 e. The van der Waals surface area contributed by atoms with E-state index in [2.05, 4.69) is 31.6 Å². The Balaban J connectivity index is 0.00000280. The van der Waals surface area contributed by atoms with Crippen molar-refractivity contribution in [2.45, 2.75) is 32.2 Å². The molecule has 5 nitrogen and oxygen atoms in total. The van der Waals surface area contributed by atoms with Crippen molar-refractivity contribution in [3.8, 4) is 0 Å². The van der Waals surface area contributed by atoms with Gasteiger partial charge < -0.3 is 15.5 Å². The summed E-state index contributed by atoms with van der Waals surface area (Å²) in [5.41, 5.74) is 2.15. The van der Waals surface area contributed by atoms with Crippen molar-refractivity contribution in [3.05, 3.63) is 59.5 Å². The van der Waals surface area contributed by atoms with Crippen LogP contribution in [0.15, 0.2) is 47.6 Å². The summed E-state index contributed by atoms with van der Waals surface area (Å²) in [5, 5.41) is 6.61. The maximum atomic E-state index is 13.2. The molecule has 0 bridgehead atoms. The Morgan fingerprint density at radius 2 is 1.93 bits per heavy atom. The number of pyridine rings is 1. The number of halogens is 2. The zero-order valence-corrected chi connectivity index (χ0v) is 18.7. The Kier molecular flexibility index (Phi) is 9.46. The number of nitrogens with zero attached hydrogens (tertiary/aromatic N) is 3. The van der Waals surface area contributed by atoms with Crippen LogP contribution in [0.5, 0.6) is 0 Å². The molecule has 1 aromatic heterocycles. The molecule has 2 N–H and O–H groups in total. The summed E-state index contributed by atoms with van der Waals surface area (Å²) < 4.78 is 13.2. The number of aliphatic imine (C=N–C) groups is 1. The van der Waals surface area contributed by atoms with E-state index in [1.165, 1.54) is 30.9 Å². The Morgan fingerprint density at radius 1 is 1.11 bits per heavy atom. The van der Waals surface area contributed by atoms with Crippen LogP contribution in [0.3, 0.4) is 0 Å². The topological polar surface area (TPSA) is 52.6 Å². The van der Waals surface area contributed by atoms with Crippen LogP contribution < -0.4 is 15.5 Å². The van der Waals surface area contributed by atoms with Crippen LogP contribution in [0.1, 0.15) is 30.4 Å². The van der Waals surface area contributed by atoms with Crippen LogP contribution in [0.2, 0.25) is 0 Å². The summed E-state index contributed by atoms with van der Waals surface area (Å²) in [7, 11) is 1.75. The average molecular weight is 497 g/mol. The first-order valence-corrected chi connectivity index (χ1v) is 9.63. The molecule has 1 fully saturated rings. The van der Waals surface area contributed by atoms with Gasteiger partial charge in [0.2, 0.25) is 0 Å². The molecule has 0 aliphatic carbocycles. The van der Waals surface area contributed by atoms with Gasteiger partial charge in [-0.1, -0.05) is 12.1 Å². The maximum Gasteiger partial charge on any atom is 0.191 e. The quantitative estimate of drug-likeness (QED) is 0.363. The van der Waals surface area contributed by atoms with E-state index in [9.17, 15) is 4.39 Å². The summed E-state index contributed by atoms with van der Waals surface area (Å²) in [4.78, 5) is 11.1. The van der Waals surface area contributed by atoms with E-state index in [-0.39, 0.29) is 29.8 Å². The summed E-state index contributed by atoms with van der Waals surface area (Å²) in [6.07, 6.45) is 6.42. The third-order valence-electron chi connectivity index (χ3n) is 4.77. The standard InChI is InChI=1S/C21H28FN5.HI/c1-23-21(25-11-8-17-6-5-7-19(22)14-17)26-16-18-9-10-24-20(15-18)27-12-3-2-4-13-27;/h5-7,9-10,14-15H,2-4,8,11-13,16H2,1H3,(H2,23,25,26);1H. The first-order chi connectivity index (χ1) is 13.2. The number of hydrogen-bond donors (Lipinski definition) is 2. The van der Waals surface area contributed by atoms with Gasteiger partial charge in [-0.25, -0.2) is 9.37 Å². The summed E-state index contributed by atoms with van der Waals surface area (Å²) in [5.74, 6) is 1.60. The first-order valence-electron chi connectivity index (χ1n) is 9.63. The zero-order chi connectivity index (χ0) is 18.9. The largest absolute Gasteiger partial charge is 0.357 e. The minimum absolute atomic E-state index is 0. The molecular weight excluding hydrogens is 468 g/mol. The van der Waals surface area contributed by atoms with Crippen molar-refractivity contribution in [1.29, 1.82) is 0 Å². The van der Waals surface area contributed by atoms with Gasteiger partial charge in [0, 0.05) is 39.4 Å². The van der Waals surface area contributed by atoms with Gasteiger partial charge >= 0.3 is 0 Å². The van der Waals surface area contributed by atoms with Crippen LogP contribution in [0, 0.1) is 5.82 Å². The predicted octanol–water partition coefficient (Wildman–Crippen LogP) is 3.74. The molecule has 2 heterocycles. The third-order valence-corrected chi connectivity index (χ3v) is 4.77. The van der Waals surface area contributed by atoms with E-state index < -0.39 is 0 Å². The Labute approximate surface area is 183 Å². The number of anilines is 1. The highest BCUT2D eigenvalue weighted by Gasteiger charge is 2.12. The van der Waals surface area contributed by atoms with E-state index in [0.29, 0.717) is 13.1 Å². The molecule has 0 spiro atoms. The number of hydrogen-bond acceptors (Lipinski definition) is 3. The molecule has 1 aliphatic rings. The van der Waals surface area contributed by atoms with Crippen LogP contribution in [0.25, 0.3) is 0 Å². The lowest BCUT2D eigenvalue weighted by atomic mass is 10.1. The molecule has 0 amide bonds. The van der Waals surface area contributed by atoms with Crippen molar-refractivity contribution >= 4 is 35.8 Å². The van der Waals surface area contributed by atoms with Gasteiger partial charge in [-0.2, -0.15) is 0 Å². The highest BCUT2D eigenvalue weighted by molar-refractivity contribution is 14.0. The lowest BCUT2D eigenvalue weighted by Crippen LogP contribution is -2.38. The van der Waals surface area contributed by atoms with Crippen molar-refractivity contribution in [3.63, 3.8) is 0 Å². The van der Waals surface area contributed by atoms with Gasteiger partial charge in [0.1, 0.15) is 11.6 Å². The van der Waals surface area contributed by atoms with Crippen molar-refractivity contribution in [2.75, 3.05) is 31.6 Å². The van der Waals surface area contributed by atoms with Gasteiger partial charge in [0.15, 0.2) is 5.96 Å². The normalized spacial score (nSPS) is 14.4. The molecule has 0 radical (unpaired) electrons. The van der Waals surface area contributed by atoms with Crippen molar-refractivity contribution in [2.24, 2.45) is 4.99 Å². The second-order valence-corrected chi connectivity index (χ2v) is 6.80. The molecule has 3 rings (SSSR count). The van der Waals surface area contributed by atoms with Crippen LogP contribution in [-0.2, 0) is 13.0 Å². The van der Waals surface area contributed by atoms with E-state index in [4.69, 9.17) is 0 Å². The zero-order valence-electron chi connectivity index (χ0n) is 16.3. The Morgan fingerprint density at radius 3 is 2.68 bits per heavy atom. The molecule has 0 unspecified atom stereocenters. The second-order valence-electron chi connectivity index (χ2n) is 6.80. The number of aromatic nitrogens is 1. The average Bonchev–Trinajstić information content (AvgIpc) is 2.71. The molecular formula is C21H29FIN5. The summed E-state index contributed by atoms with van der Waals surface area (Å²) >= 11 is 0. The molecule has 0 atom stereocenters. The first kappa shape index (κ1) is 22.4. The van der Waals surface area contributed by atoms with Gasteiger partial charge in [0.25, 0.3) is 0 Å². The highest BCUT2D eigenvalue weighted by Crippen LogP contribution is 2.18. The van der Waals surface area contributed by atoms with Crippen molar-refractivity contribution < 1.29 is 4.39 Å². The van der Waals surface area contributed by atoms with Crippen LogP contribution in [0.4, 0.5) is 10.2 Å². The Hall–Kier alpha value is -1.90. The number of benzene rings is 1. The fourth-order valence-electron chi connectivity index (χ4n) is 3.29. The lowest BCUT2D eigenvalue weighted by Gasteiger charge is -2.28. The minimum atomic E-state index is -0.197. The van der Waals surface area contributed by atoms with E-state index in [1.54, 1.807) is 19.2 Å². The van der Waals surface area contributed by atoms with E-state index >= 15 is 0 Å². The third kappa shape index (κ3) is 6.92. The summed E-state index contributed by atoms with van der Waals surface area (Å²) in [6, 6.07) is 10.9. The predicted molar refractivity (Wildman–Crippen MR) is 124 cm³/mol. The second kappa shape index (κ2) is 11.8. The molecule has 1 saturated heterocycles. The lowest BCUT2D eigenvalue weighted by molar-refractivity contribution is 0.573. The van der Waals surface area contributed by atoms with Gasteiger partial charge in [-0.05, 0) is 61.1 Å². The molecule has 0 saturated carbocycles. The number of nitrogens with one attached hydrogen (secondary N) is 2. The van der Waals surface area contributed by atoms with Crippen LogP contribution in [-0.4, -0.2) is 37.6 Å². The smallest absolute Gasteiger partial charge is 0.191 e. The van der Waals surface area contributed by atoms with Crippen molar-refractivity contribution in [1.82, 2.24) is 15.6 Å². The number of guanidine groups is 1. The number of piperidine rings is 1. The molecule has 1 aromatic carbocycles. The molecule has 7 heteroatoms. The highest BCUT2D eigenvalue weighted by atomic mass is 127. The SMILES string of the molecule is CN=C(NCCc1cccc(F)c1)NCc1ccnc(N2CCCCC2)c1.I. The molecule has 28 heavy (non-hydrogen) atoms. The van der Waals surface area contributed by atoms with Gasteiger partial charge in [-0.15, -0.1) is 24.0 Å². The molecule has 2 aromatic rings. The maximum absolute atomic E-state index is 13.2. The van der Waals surface area contributed by atoms with Crippen LogP contribution >= 0.6 is 24.0 Å². The Bertz CT molecular complexity index is 762. The summed E-state index contributed by atoms with van der Waals surface area (Å²) in [6.45, 7) is 3.56. The monoisotopic (exact) mass is 497 g/mol. The van der Waals surface area contributed by atoms with Gasteiger partial charge in [-0.3, -0.25) is 4.99 Å². The molecule has 1 aliphatic heterocycles. The van der Waals surface area contributed by atoms with Gasteiger partial charge in [0.05, 0.1) is 0 Å². The van der Waals surface area contributed by atoms with E-state index in [0.717, 1.165) is 36.9 Å². The number of rotatable bonds is 6. The molecule has 152 valence electrons.